The minimum atomic E-state index is -0.777. The van der Waals surface area contributed by atoms with E-state index in [0.717, 1.165) is 11.3 Å². The van der Waals surface area contributed by atoms with Gasteiger partial charge >= 0.3 is 0 Å². The van der Waals surface area contributed by atoms with Gasteiger partial charge in [0.25, 0.3) is 0 Å². The molecular weight excluding hydrogens is 444 g/mol. The highest BCUT2D eigenvalue weighted by Crippen LogP contribution is 2.33. The highest BCUT2D eigenvalue weighted by molar-refractivity contribution is 5.41. The standard InChI is InChI=1S/C29H36O6/c1-5-23(30)18-33-27-14-16-28(17-15-27)35-20-24(31)19-34-26-12-8-22(9-13-26)29(2,3)21-6-10-25(32-4)11-7-21/h6-17,23-24,30-31H,5,18-20H2,1-4H3. The van der Waals surface area contributed by atoms with Crippen LogP contribution in [0, 0.1) is 0 Å². The van der Waals surface area contributed by atoms with Crippen LogP contribution in [0.1, 0.15) is 38.3 Å². The molecule has 0 saturated heterocycles. The Bertz CT molecular complexity index is 1010. The summed E-state index contributed by atoms with van der Waals surface area (Å²) in [5, 5.41) is 19.8. The van der Waals surface area contributed by atoms with Crippen molar-refractivity contribution in [1.82, 2.24) is 0 Å². The van der Waals surface area contributed by atoms with Crippen molar-refractivity contribution in [1.29, 1.82) is 0 Å². The van der Waals surface area contributed by atoms with Crippen LogP contribution in [0.25, 0.3) is 0 Å². The Labute approximate surface area is 208 Å². The third-order valence-electron chi connectivity index (χ3n) is 6.01. The van der Waals surface area contributed by atoms with Gasteiger partial charge in [-0.3, -0.25) is 0 Å². The van der Waals surface area contributed by atoms with Crippen molar-refractivity contribution in [2.24, 2.45) is 0 Å². The zero-order chi connectivity index (χ0) is 25.3. The fraction of sp³-hybridized carbons (Fsp3) is 0.379. The lowest BCUT2D eigenvalue weighted by atomic mass is 9.78. The van der Waals surface area contributed by atoms with E-state index < -0.39 is 12.2 Å². The molecule has 188 valence electrons. The van der Waals surface area contributed by atoms with Crippen molar-refractivity contribution < 1.29 is 29.2 Å². The molecule has 0 radical (unpaired) electrons. The zero-order valence-electron chi connectivity index (χ0n) is 20.9. The van der Waals surface area contributed by atoms with Crippen molar-refractivity contribution in [2.45, 2.75) is 44.8 Å². The lowest BCUT2D eigenvalue weighted by Gasteiger charge is -2.26. The van der Waals surface area contributed by atoms with Crippen LogP contribution in [-0.4, -0.2) is 49.4 Å². The largest absolute Gasteiger partial charge is 0.497 e. The van der Waals surface area contributed by atoms with Gasteiger partial charge in [0, 0.05) is 5.41 Å². The summed E-state index contributed by atoms with van der Waals surface area (Å²) in [4.78, 5) is 0. The highest BCUT2D eigenvalue weighted by Gasteiger charge is 2.23. The van der Waals surface area contributed by atoms with Gasteiger partial charge in [0.05, 0.1) is 13.2 Å². The first-order valence-electron chi connectivity index (χ1n) is 11.9. The van der Waals surface area contributed by atoms with Crippen molar-refractivity contribution >= 4 is 0 Å². The third kappa shape index (κ3) is 7.64. The summed E-state index contributed by atoms with van der Waals surface area (Å²) < 4.78 is 22.2. The number of methoxy groups -OCH3 is 1. The first-order valence-corrected chi connectivity index (χ1v) is 11.9. The molecule has 35 heavy (non-hydrogen) atoms. The lowest BCUT2D eigenvalue weighted by Crippen LogP contribution is -2.25. The predicted molar refractivity (Wildman–Crippen MR) is 137 cm³/mol. The van der Waals surface area contributed by atoms with Crippen LogP contribution >= 0.6 is 0 Å². The predicted octanol–water partition coefficient (Wildman–Crippen LogP) is 4.99. The van der Waals surface area contributed by atoms with E-state index in [0.29, 0.717) is 23.7 Å². The Hall–Kier alpha value is -3.22. The smallest absolute Gasteiger partial charge is 0.122 e. The molecule has 0 saturated carbocycles. The molecule has 6 nitrogen and oxygen atoms in total. The van der Waals surface area contributed by atoms with E-state index in [4.69, 9.17) is 18.9 Å². The minimum Gasteiger partial charge on any atom is -0.497 e. The number of rotatable bonds is 13. The number of hydrogen-bond donors (Lipinski definition) is 2. The average Bonchev–Trinajstić information content (AvgIpc) is 2.90. The zero-order valence-corrected chi connectivity index (χ0v) is 20.9. The maximum Gasteiger partial charge on any atom is 0.122 e. The van der Waals surface area contributed by atoms with E-state index in [2.05, 4.69) is 26.0 Å². The molecule has 0 bridgehead atoms. The van der Waals surface area contributed by atoms with Gasteiger partial charge in [0.2, 0.25) is 0 Å². The third-order valence-corrected chi connectivity index (χ3v) is 6.01. The van der Waals surface area contributed by atoms with E-state index in [1.165, 1.54) is 5.56 Å². The van der Waals surface area contributed by atoms with Gasteiger partial charge in [-0.1, -0.05) is 45.0 Å². The van der Waals surface area contributed by atoms with Crippen LogP contribution < -0.4 is 18.9 Å². The van der Waals surface area contributed by atoms with Crippen molar-refractivity contribution in [3.05, 3.63) is 83.9 Å². The van der Waals surface area contributed by atoms with Gasteiger partial charge in [0.1, 0.15) is 48.9 Å². The number of hydrogen-bond acceptors (Lipinski definition) is 6. The molecule has 2 N–H and O–H groups in total. The number of benzene rings is 3. The summed E-state index contributed by atoms with van der Waals surface area (Å²) >= 11 is 0. The molecule has 2 unspecified atom stereocenters. The van der Waals surface area contributed by atoms with Gasteiger partial charge in [-0.2, -0.15) is 0 Å². The molecule has 0 aliphatic heterocycles. The molecular formula is C29H36O6. The second-order valence-electron chi connectivity index (χ2n) is 9.00. The molecule has 0 aliphatic rings. The van der Waals surface area contributed by atoms with E-state index >= 15 is 0 Å². The summed E-state index contributed by atoms with van der Waals surface area (Å²) in [7, 11) is 1.66. The van der Waals surface area contributed by atoms with E-state index in [1.54, 1.807) is 31.4 Å². The van der Waals surface area contributed by atoms with E-state index in [9.17, 15) is 10.2 Å². The number of aliphatic hydroxyl groups is 2. The quantitative estimate of drug-likeness (QED) is 0.359. The molecule has 0 heterocycles. The molecule has 0 aliphatic carbocycles. The second kappa shape index (κ2) is 12.5. The average molecular weight is 481 g/mol. The van der Waals surface area contributed by atoms with E-state index in [-0.39, 0.29) is 25.2 Å². The molecule has 6 heteroatoms. The first kappa shape index (κ1) is 26.4. The van der Waals surface area contributed by atoms with Crippen LogP contribution in [0.15, 0.2) is 72.8 Å². The summed E-state index contributed by atoms with van der Waals surface area (Å²) in [6, 6.07) is 23.1. The van der Waals surface area contributed by atoms with E-state index in [1.807, 2.05) is 43.3 Å². The molecule has 2 atom stereocenters. The highest BCUT2D eigenvalue weighted by atomic mass is 16.5. The molecule has 0 fully saturated rings. The van der Waals surface area contributed by atoms with Gasteiger partial charge in [-0.15, -0.1) is 0 Å². The van der Waals surface area contributed by atoms with Crippen molar-refractivity contribution in [3.63, 3.8) is 0 Å². The Balaban J connectivity index is 1.45. The monoisotopic (exact) mass is 480 g/mol. The molecule has 0 amide bonds. The fourth-order valence-electron chi connectivity index (χ4n) is 3.52. The minimum absolute atomic E-state index is 0.108. The molecule has 0 aromatic heterocycles. The maximum absolute atomic E-state index is 10.3. The van der Waals surface area contributed by atoms with Gasteiger partial charge in [0.15, 0.2) is 0 Å². The summed E-state index contributed by atoms with van der Waals surface area (Å²) in [5.41, 5.74) is 2.18. The molecule has 3 aromatic rings. The maximum atomic E-state index is 10.3. The normalized spacial score (nSPS) is 13.1. The van der Waals surface area contributed by atoms with Crippen molar-refractivity contribution in [2.75, 3.05) is 26.9 Å². The Morgan fingerprint density at radius 2 is 0.943 bits per heavy atom. The molecule has 3 rings (SSSR count). The summed E-state index contributed by atoms with van der Waals surface area (Å²) in [6.07, 6.45) is -0.606. The Morgan fingerprint density at radius 3 is 1.31 bits per heavy atom. The fourth-order valence-corrected chi connectivity index (χ4v) is 3.52. The summed E-state index contributed by atoms with van der Waals surface area (Å²) in [6.45, 7) is 6.75. The van der Waals surface area contributed by atoms with Gasteiger partial charge in [-0.25, -0.2) is 0 Å². The van der Waals surface area contributed by atoms with Gasteiger partial charge in [-0.05, 0) is 66.1 Å². The van der Waals surface area contributed by atoms with Crippen LogP contribution in [0.3, 0.4) is 0 Å². The molecule has 0 spiro atoms. The van der Waals surface area contributed by atoms with Crippen molar-refractivity contribution in [3.8, 4) is 23.0 Å². The van der Waals surface area contributed by atoms with Crippen LogP contribution in [0.5, 0.6) is 23.0 Å². The Kier molecular flexibility index (Phi) is 9.40. The number of ether oxygens (including phenoxy) is 4. The lowest BCUT2D eigenvalue weighted by molar-refractivity contribution is 0.0626. The SMILES string of the molecule is CCC(O)COc1ccc(OCC(O)COc2ccc(C(C)(C)c3ccc(OC)cc3)cc2)cc1. The van der Waals surface area contributed by atoms with Crippen LogP contribution in [0.2, 0.25) is 0 Å². The summed E-state index contributed by atoms with van der Waals surface area (Å²) in [5.74, 6) is 2.81. The van der Waals surface area contributed by atoms with Gasteiger partial charge < -0.3 is 29.2 Å². The number of aliphatic hydroxyl groups excluding tert-OH is 2. The topological polar surface area (TPSA) is 77.4 Å². The Morgan fingerprint density at radius 1 is 0.600 bits per heavy atom. The van der Waals surface area contributed by atoms with Crippen LogP contribution in [-0.2, 0) is 5.41 Å². The second-order valence-corrected chi connectivity index (χ2v) is 9.00. The molecule has 3 aromatic carbocycles. The first-order chi connectivity index (χ1) is 16.8. The van der Waals surface area contributed by atoms with Crippen LogP contribution in [0.4, 0.5) is 0 Å².